The summed E-state index contributed by atoms with van der Waals surface area (Å²) in [7, 11) is 0. The molecule has 0 aliphatic carbocycles. The number of amides is 2. The molecule has 0 spiro atoms. The maximum atomic E-state index is 12.4. The Morgan fingerprint density at radius 1 is 0.750 bits per heavy atom. The summed E-state index contributed by atoms with van der Waals surface area (Å²) in [6.45, 7) is 0.810. The number of aromatic nitrogens is 1. The summed E-state index contributed by atoms with van der Waals surface area (Å²) in [6, 6.07) is 25.9. The van der Waals surface area contributed by atoms with Crippen LogP contribution in [0.15, 0.2) is 91.1 Å². The third-order valence-corrected chi connectivity index (χ3v) is 4.77. The van der Waals surface area contributed by atoms with E-state index in [4.69, 9.17) is 9.47 Å². The summed E-state index contributed by atoms with van der Waals surface area (Å²) in [5.41, 5.74) is 6.22. The molecule has 0 radical (unpaired) electrons. The van der Waals surface area contributed by atoms with Crippen LogP contribution in [0.1, 0.15) is 10.4 Å². The lowest BCUT2D eigenvalue weighted by molar-refractivity contribution is -0.122. The predicted molar refractivity (Wildman–Crippen MR) is 121 cm³/mol. The molecule has 0 fully saturated rings. The number of nitrogens with zero attached hydrogens (tertiary/aromatic N) is 1. The van der Waals surface area contributed by atoms with Gasteiger partial charge in [0.1, 0.15) is 31.3 Å². The number of nitrogens with one attached hydrogen (secondary N) is 2. The molecule has 0 saturated carbocycles. The average molecular weight is 429 g/mol. The standard InChI is InChI=1S/C25H23N3O4/c29-24(18-28-14-13-19-7-4-5-12-23(19)28)26-27-25(30)20-8-6-11-22(17-20)32-16-15-31-21-9-2-1-3-10-21/h1-14,17H,15-16,18H2,(H,26,29)(H,27,30). The highest BCUT2D eigenvalue weighted by molar-refractivity contribution is 5.95. The molecule has 162 valence electrons. The first-order valence-electron chi connectivity index (χ1n) is 10.2. The summed E-state index contributed by atoms with van der Waals surface area (Å²) < 4.78 is 13.1. The SMILES string of the molecule is O=C(Cn1ccc2ccccc21)NNC(=O)c1cccc(OCCOc2ccccc2)c1. The minimum absolute atomic E-state index is 0.0956. The Bertz CT molecular complexity index is 1200. The van der Waals surface area contributed by atoms with Crippen molar-refractivity contribution < 1.29 is 19.1 Å². The van der Waals surface area contributed by atoms with Crippen molar-refractivity contribution in [1.82, 2.24) is 15.4 Å². The van der Waals surface area contributed by atoms with E-state index in [0.717, 1.165) is 16.7 Å². The molecule has 1 aromatic heterocycles. The predicted octanol–water partition coefficient (Wildman–Crippen LogP) is 3.56. The van der Waals surface area contributed by atoms with E-state index >= 15 is 0 Å². The molecule has 7 nitrogen and oxygen atoms in total. The molecule has 4 aromatic rings. The number of fused-ring (bicyclic) bond motifs is 1. The maximum absolute atomic E-state index is 12.4. The van der Waals surface area contributed by atoms with Crippen LogP contribution in [0.3, 0.4) is 0 Å². The van der Waals surface area contributed by atoms with Gasteiger partial charge in [0.15, 0.2) is 0 Å². The fraction of sp³-hybridized carbons (Fsp3) is 0.120. The summed E-state index contributed by atoms with van der Waals surface area (Å²) >= 11 is 0. The van der Waals surface area contributed by atoms with E-state index in [2.05, 4.69) is 10.9 Å². The number of carbonyl (C=O) groups is 2. The lowest BCUT2D eigenvalue weighted by atomic mass is 10.2. The maximum Gasteiger partial charge on any atom is 0.269 e. The van der Waals surface area contributed by atoms with E-state index in [9.17, 15) is 9.59 Å². The van der Waals surface area contributed by atoms with Crippen LogP contribution >= 0.6 is 0 Å². The van der Waals surface area contributed by atoms with Crippen molar-refractivity contribution in [3.05, 3.63) is 96.7 Å². The van der Waals surface area contributed by atoms with Gasteiger partial charge in [-0.1, -0.05) is 42.5 Å². The molecule has 0 unspecified atom stereocenters. The van der Waals surface area contributed by atoms with Crippen molar-refractivity contribution >= 4 is 22.7 Å². The number of rotatable bonds is 8. The van der Waals surface area contributed by atoms with Crippen LogP contribution in [0.25, 0.3) is 10.9 Å². The van der Waals surface area contributed by atoms with Crippen molar-refractivity contribution in [2.24, 2.45) is 0 Å². The second-order valence-corrected chi connectivity index (χ2v) is 7.04. The van der Waals surface area contributed by atoms with Crippen LogP contribution in [0.4, 0.5) is 0 Å². The molecule has 4 rings (SSSR count). The first-order chi connectivity index (χ1) is 15.7. The number of hydrazine groups is 1. The Balaban J connectivity index is 1.24. The van der Waals surface area contributed by atoms with Gasteiger partial charge >= 0.3 is 0 Å². The molecule has 0 saturated heterocycles. The molecular weight excluding hydrogens is 406 g/mol. The number of hydrogen-bond donors (Lipinski definition) is 2. The fourth-order valence-corrected chi connectivity index (χ4v) is 3.23. The first kappa shape index (κ1) is 21.0. The van der Waals surface area contributed by atoms with Crippen LogP contribution in [0.5, 0.6) is 11.5 Å². The number of ether oxygens (including phenoxy) is 2. The third-order valence-electron chi connectivity index (χ3n) is 4.77. The Morgan fingerprint density at radius 3 is 2.31 bits per heavy atom. The van der Waals surface area contributed by atoms with Crippen molar-refractivity contribution in [2.45, 2.75) is 6.54 Å². The zero-order valence-electron chi connectivity index (χ0n) is 17.4. The quantitative estimate of drug-likeness (QED) is 0.332. The fourth-order valence-electron chi connectivity index (χ4n) is 3.23. The lowest BCUT2D eigenvalue weighted by Crippen LogP contribution is -2.43. The Kier molecular flexibility index (Phi) is 6.67. The second kappa shape index (κ2) is 10.2. The number of benzene rings is 3. The van der Waals surface area contributed by atoms with E-state index in [1.165, 1.54) is 0 Å². The largest absolute Gasteiger partial charge is 0.490 e. The number of para-hydroxylation sites is 2. The zero-order chi connectivity index (χ0) is 22.2. The monoisotopic (exact) mass is 429 g/mol. The van der Waals surface area contributed by atoms with Gasteiger partial charge in [-0.2, -0.15) is 0 Å². The molecular formula is C25H23N3O4. The summed E-state index contributed by atoms with van der Waals surface area (Å²) in [4.78, 5) is 24.7. The third kappa shape index (κ3) is 5.46. The minimum atomic E-state index is -0.429. The second-order valence-electron chi connectivity index (χ2n) is 7.04. The smallest absolute Gasteiger partial charge is 0.269 e. The van der Waals surface area contributed by atoms with Crippen molar-refractivity contribution in [1.29, 1.82) is 0 Å². The molecule has 0 atom stereocenters. The normalized spacial score (nSPS) is 10.5. The molecule has 0 aliphatic rings. The highest BCUT2D eigenvalue weighted by Crippen LogP contribution is 2.15. The van der Waals surface area contributed by atoms with E-state index in [0.29, 0.717) is 24.5 Å². The molecule has 2 N–H and O–H groups in total. The lowest BCUT2D eigenvalue weighted by Gasteiger charge is -2.11. The van der Waals surface area contributed by atoms with Gasteiger partial charge in [0.2, 0.25) is 0 Å². The molecule has 32 heavy (non-hydrogen) atoms. The van der Waals surface area contributed by atoms with Gasteiger partial charge < -0.3 is 14.0 Å². The summed E-state index contributed by atoms with van der Waals surface area (Å²) in [5.74, 6) is 0.555. The van der Waals surface area contributed by atoms with Gasteiger partial charge in [0.05, 0.1) is 0 Å². The molecule has 0 bridgehead atoms. The number of carbonyl (C=O) groups excluding carboxylic acids is 2. The number of hydrogen-bond acceptors (Lipinski definition) is 4. The summed E-state index contributed by atoms with van der Waals surface area (Å²) in [6.07, 6.45) is 1.84. The van der Waals surface area contributed by atoms with Crippen LogP contribution < -0.4 is 20.3 Å². The van der Waals surface area contributed by atoms with Crippen LogP contribution in [-0.2, 0) is 11.3 Å². The Hall–Kier alpha value is -4.26. The molecule has 3 aromatic carbocycles. The highest BCUT2D eigenvalue weighted by Gasteiger charge is 2.10. The van der Waals surface area contributed by atoms with Crippen molar-refractivity contribution in [3.63, 3.8) is 0 Å². The first-order valence-corrected chi connectivity index (χ1v) is 10.2. The molecule has 2 amide bonds. The summed E-state index contributed by atoms with van der Waals surface area (Å²) in [5, 5.41) is 1.05. The average Bonchev–Trinajstić information content (AvgIpc) is 3.24. The van der Waals surface area contributed by atoms with E-state index in [-0.39, 0.29) is 12.5 Å². The molecule has 1 heterocycles. The van der Waals surface area contributed by atoms with Crippen LogP contribution in [-0.4, -0.2) is 29.6 Å². The van der Waals surface area contributed by atoms with Crippen molar-refractivity contribution in [2.75, 3.05) is 13.2 Å². The van der Waals surface area contributed by atoms with E-state index in [1.807, 2.05) is 71.4 Å². The van der Waals surface area contributed by atoms with Crippen LogP contribution in [0, 0.1) is 0 Å². The van der Waals surface area contributed by atoms with Gasteiger partial charge in [-0.3, -0.25) is 20.4 Å². The van der Waals surface area contributed by atoms with Gasteiger partial charge in [-0.05, 0) is 47.9 Å². The van der Waals surface area contributed by atoms with E-state index in [1.54, 1.807) is 24.3 Å². The van der Waals surface area contributed by atoms with Gasteiger partial charge in [0.25, 0.3) is 11.8 Å². The molecule has 0 aliphatic heterocycles. The zero-order valence-corrected chi connectivity index (χ0v) is 17.4. The molecule has 7 heteroatoms. The van der Waals surface area contributed by atoms with Gasteiger partial charge in [-0.25, -0.2) is 0 Å². The van der Waals surface area contributed by atoms with E-state index < -0.39 is 5.91 Å². The Morgan fingerprint density at radius 2 is 1.47 bits per heavy atom. The van der Waals surface area contributed by atoms with Gasteiger partial charge in [-0.15, -0.1) is 0 Å². The topological polar surface area (TPSA) is 81.6 Å². The van der Waals surface area contributed by atoms with Gasteiger partial charge in [0, 0.05) is 17.3 Å². The highest BCUT2D eigenvalue weighted by atomic mass is 16.5. The van der Waals surface area contributed by atoms with Crippen molar-refractivity contribution in [3.8, 4) is 11.5 Å². The van der Waals surface area contributed by atoms with Crippen LogP contribution in [0.2, 0.25) is 0 Å². The Labute approximate surface area is 185 Å². The minimum Gasteiger partial charge on any atom is -0.490 e.